The highest BCUT2D eigenvalue weighted by Crippen LogP contribution is 2.19. The third-order valence-corrected chi connectivity index (χ3v) is 2.68. The van der Waals surface area contributed by atoms with Crippen LogP contribution >= 0.6 is 11.6 Å². The molecule has 0 radical (unpaired) electrons. The van der Waals surface area contributed by atoms with Crippen molar-refractivity contribution in [2.45, 2.75) is 19.9 Å². The van der Waals surface area contributed by atoms with Crippen LogP contribution in [0.1, 0.15) is 13.3 Å². The Hall–Kier alpha value is -1.89. The van der Waals surface area contributed by atoms with Crippen molar-refractivity contribution < 1.29 is 0 Å². The Morgan fingerprint density at radius 1 is 1.37 bits per heavy atom. The number of rotatable bonds is 7. The molecule has 2 rings (SSSR count). The van der Waals surface area contributed by atoms with Crippen LogP contribution in [-0.4, -0.2) is 38.1 Å². The van der Waals surface area contributed by atoms with Crippen LogP contribution in [0.25, 0.3) is 0 Å². The summed E-state index contributed by atoms with van der Waals surface area (Å²) in [4.78, 5) is 8.38. The fraction of sp³-hybridized carbons (Fsp3) is 0.455. The van der Waals surface area contributed by atoms with Gasteiger partial charge in [-0.2, -0.15) is 4.98 Å². The fourth-order valence-corrected chi connectivity index (χ4v) is 1.69. The topological polar surface area (TPSA) is 80.5 Å². The molecule has 0 saturated heterocycles. The Morgan fingerprint density at radius 2 is 2.26 bits per heavy atom. The van der Waals surface area contributed by atoms with E-state index in [0.717, 1.165) is 26.1 Å². The van der Waals surface area contributed by atoms with E-state index in [1.165, 1.54) is 0 Å². The normalized spacial score (nSPS) is 10.4. The second-order valence-corrected chi connectivity index (χ2v) is 4.27. The van der Waals surface area contributed by atoms with E-state index in [1.54, 1.807) is 17.1 Å². The first-order valence-electron chi connectivity index (χ1n) is 6.14. The van der Waals surface area contributed by atoms with Gasteiger partial charge in [-0.25, -0.2) is 4.98 Å². The predicted molar refractivity (Wildman–Crippen MR) is 74.3 cm³/mol. The average molecular weight is 282 g/mol. The van der Waals surface area contributed by atoms with Crippen molar-refractivity contribution in [2.75, 3.05) is 23.7 Å². The molecule has 2 aromatic heterocycles. The summed E-state index contributed by atoms with van der Waals surface area (Å²) in [6, 6.07) is 0. The Bertz CT molecular complexity index is 500. The third-order valence-electron chi connectivity index (χ3n) is 2.41. The summed E-state index contributed by atoms with van der Waals surface area (Å²) in [5.41, 5.74) is 0. The number of hydrogen-bond donors (Lipinski definition) is 2. The van der Waals surface area contributed by atoms with Crippen LogP contribution in [0.15, 0.2) is 18.6 Å². The molecule has 2 heterocycles. The zero-order valence-electron chi connectivity index (χ0n) is 10.7. The number of aryl methyl sites for hydroxylation is 1. The second-order valence-electron chi connectivity index (χ2n) is 3.87. The monoisotopic (exact) mass is 281 g/mol. The van der Waals surface area contributed by atoms with Gasteiger partial charge in [0.25, 0.3) is 0 Å². The summed E-state index contributed by atoms with van der Waals surface area (Å²) < 4.78 is 1.79. The summed E-state index contributed by atoms with van der Waals surface area (Å²) in [7, 11) is 0. The van der Waals surface area contributed by atoms with Gasteiger partial charge in [-0.05, 0) is 13.3 Å². The van der Waals surface area contributed by atoms with Crippen LogP contribution in [0.2, 0.25) is 5.02 Å². The lowest BCUT2D eigenvalue weighted by molar-refractivity contribution is 0.569. The first kappa shape index (κ1) is 13.5. The van der Waals surface area contributed by atoms with E-state index in [9.17, 15) is 0 Å². The van der Waals surface area contributed by atoms with Crippen LogP contribution in [0.5, 0.6) is 0 Å². The Morgan fingerprint density at radius 3 is 3.00 bits per heavy atom. The molecule has 0 atom stereocenters. The van der Waals surface area contributed by atoms with Crippen molar-refractivity contribution in [2.24, 2.45) is 0 Å². The quantitative estimate of drug-likeness (QED) is 0.751. The molecule has 0 fully saturated rings. The maximum atomic E-state index is 6.03. The van der Waals surface area contributed by atoms with Gasteiger partial charge in [0.15, 0.2) is 0 Å². The zero-order chi connectivity index (χ0) is 13.5. The predicted octanol–water partition coefficient (Wildman–Crippen LogP) is 1.66. The molecule has 0 aliphatic rings. The van der Waals surface area contributed by atoms with Crippen molar-refractivity contribution in [3.8, 4) is 0 Å². The number of nitrogens with one attached hydrogen (secondary N) is 2. The van der Waals surface area contributed by atoms with Crippen LogP contribution in [0, 0.1) is 0 Å². The summed E-state index contributed by atoms with van der Waals surface area (Å²) in [5, 5.41) is 14.4. The largest absolute Gasteiger partial charge is 0.369 e. The molecule has 0 bridgehead atoms. The van der Waals surface area contributed by atoms with Gasteiger partial charge >= 0.3 is 0 Å². The smallest absolute Gasteiger partial charge is 0.224 e. The Labute approximate surface area is 116 Å². The highest BCUT2D eigenvalue weighted by molar-refractivity contribution is 6.32. The highest BCUT2D eigenvalue weighted by Gasteiger charge is 2.04. The first-order valence-corrected chi connectivity index (χ1v) is 6.51. The molecule has 0 spiro atoms. The fourth-order valence-electron chi connectivity index (χ4n) is 1.53. The van der Waals surface area contributed by atoms with Crippen LogP contribution < -0.4 is 10.6 Å². The summed E-state index contributed by atoms with van der Waals surface area (Å²) >= 11 is 6.03. The van der Waals surface area contributed by atoms with Crippen LogP contribution in [0.4, 0.5) is 11.8 Å². The van der Waals surface area contributed by atoms with E-state index in [0.29, 0.717) is 16.8 Å². The van der Waals surface area contributed by atoms with E-state index in [4.69, 9.17) is 11.6 Å². The maximum absolute atomic E-state index is 6.03. The van der Waals surface area contributed by atoms with Gasteiger partial charge in [-0.15, -0.1) is 5.10 Å². The lowest BCUT2D eigenvalue weighted by Crippen LogP contribution is -2.10. The van der Waals surface area contributed by atoms with Crippen LogP contribution in [0.3, 0.4) is 0 Å². The molecular weight excluding hydrogens is 266 g/mol. The van der Waals surface area contributed by atoms with Gasteiger partial charge in [0.05, 0.1) is 12.4 Å². The Kier molecular flexibility index (Phi) is 4.91. The number of hydrogen-bond acceptors (Lipinski definition) is 6. The number of nitrogens with zero attached hydrogens (tertiary/aromatic N) is 5. The molecule has 19 heavy (non-hydrogen) atoms. The van der Waals surface area contributed by atoms with Gasteiger partial charge in [0.2, 0.25) is 5.95 Å². The molecule has 2 N–H and O–H groups in total. The molecule has 0 amide bonds. The first-order chi connectivity index (χ1) is 9.29. The minimum atomic E-state index is 0.516. The standard InChI is InChI=1S/C11H16ClN7/c1-2-13-11-15-8-9(12)10(17-11)14-4-3-6-19-7-5-16-18-19/h5,7-8H,2-4,6H2,1H3,(H2,13,14,15,17). The lowest BCUT2D eigenvalue weighted by atomic mass is 10.4. The molecule has 0 aromatic carbocycles. The lowest BCUT2D eigenvalue weighted by Gasteiger charge is -2.09. The van der Waals surface area contributed by atoms with Crippen LogP contribution in [-0.2, 0) is 6.54 Å². The van der Waals surface area contributed by atoms with E-state index in [2.05, 4.69) is 30.9 Å². The van der Waals surface area contributed by atoms with Crippen molar-refractivity contribution in [1.82, 2.24) is 25.0 Å². The van der Waals surface area contributed by atoms with Crippen molar-refractivity contribution in [3.05, 3.63) is 23.6 Å². The van der Waals surface area contributed by atoms with E-state index >= 15 is 0 Å². The molecule has 102 valence electrons. The number of anilines is 2. The van der Waals surface area contributed by atoms with Crippen molar-refractivity contribution in [3.63, 3.8) is 0 Å². The van der Waals surface area contributed by atoms with E-state index in [1.807, 2.05) is 13.1 Å². The average Bonchev–Trinajstić information content (AvgIpc) is 2.91. The second kappa shape index (κ2) is 6.89. The molecule has 0 aliphatic heterocycles. The number of aromatic nitrogens is 5. The Balaban J connectivity index is 1.83. The molecule has 8 heteroatoms. The molecule has 7 nitrogen and oxygen atoms in total. The summed E-state index contributed by atoms with van der Waals surface area (Å²) in [5.74, 6) is 1.22. The molecule has 2 aromatic rings. The summed E-state index contributed by atoms with van der Waals surface area (Å²) in [6.07, 6.45) is 5.99. The highest BCUT2D eigenvalue weighted by atomic mass is 35.5. The van der Waals surface area contributed by atoms with Crippen molar-refractivity contribution >= 4 is 23.4 Å². The maximum Gasteiger partial charge on any atom is 0.224 e. The number of halogens is 1. The summed E-state index contributed by atoms with van der Waals surface area (Å²) in [6.45, 7) is 4.31. The van der Waals surface area contributed by atoms with Gasteiger partial charge in [-0.1, -0.05) is 16.8 Å². The van der Waals surface area contributed by atoms with Gasteiger partial charge in [0, 0.05) is 25.8 Å². The van der Waals surface area contributed by atoms with Crippen molar-refractivity contribution in [1.29, 1.82) is 0 Å². The van der Waals surface area contributed by atoms with Gasteiger partial charge in [-0.3, -0.25) is 4.68 Å². The molecule has 0 aliphatic carbocycles. The third kappa shape index (κ3) is 4.06. The molecular formula is C11H16ClN7. The van der Waals surface area contributed by atoms with E-state index < -0.39 is 0 Å². The molecule has 0 unspecified atom stereocenters. The van der Waals surface area contributed by atoms with Gasteiger partial charge in [0.1, 0.15) is 10.8 Å². The van der Waals surface area contributed by atoms with E-state index in [-0.39, 0.29) is 0 Å². The van der Waals surface area contributed by atoms with Gasteiger partial charge < -0.3 is 10.6 Å². The zero-order valence-corrected chi connectivity index (χ0v) is 11.4. The minimum Gasteiger partial charge on any atom is -0.369 e. The SMILES string of the molecule is CCNc1ncc(Cl)c(NCCCn2ccnn2)n1. The molecule has 0 saturated carbocycles. The minimum absolute atomic E-state index is 0.516.